The molecular formula is C23H26N3O5+. The second-order valence-corrected chi connectivity index (χ2v) is 7.65. The van der Waals surface area contributed by atoms with Crippen LogP contribution in [0.2, 0.25) is 0 Å². The molecule has 1 aromatic carbocycles. The maximum atomic E-state index is 12.9. The molecule has 1 saturated heterocycles. The Morgan fingerprint density at radius 1 is 1.10 bits per heavy atom. The third-order valence-corrected chi connectivity index (χ3v) is 5.22. The number of carbonyl (C=O) groups is 3. The van der Waals surface area contributed by atoms with Crippen molar-refractivity contribution in [3.05, 3.63) is 71.1 Å². The van der Waals surface area contributed by atoms with E-state index in [9.17, 15) is 19.5 Å². The van der Waals surface area contributed by atoms with Gasteiger partial charge in [0.2, 0.25) is 0 Å². The summed E-state index contributed by atoms with van der Waals surface area (Å²) in [7, 11) is 5.33. The zero-order valence-electron chi connectivity index (χ0n) is 17.8. The van der Waals surface area contributed by atoms with Crippen molar-refractivity contribution >= 4 is 23.4 Å². The average Bonchev–Trinajstić information content (AvgIpc) is 3.03. The number of aliphatic hydroxyl groups is 1. The van der Waals surface area contributed by atoms with Crippen LogP contribution in [-0.4, -0.2) is 66.9 Å². The standard InChI is InChI=1S/C23H25N3O5/c1-25(2)13-4-14-26-19(15-5-7-17(8-6-15)23(30)31-3)18(21(28)22(26)29)20(27)16-9-11-24-12-10-16/h5-12,19,27H,4,13-14H2,1-3H3/p+1/b20-18+/t19-/m1/s1. The lowest BCUT2D eigenvalue weighted by molar-refractivity contribution is -0.858. The van der Waals surface area contributed by atoms with Crippen molar-refractivity contribution in [1.82, 2.24) is 9.88 Å². The topological polar surface area (TPSA) is 101 Å². The molecule has 1 atom stereocenters. The normalized spacial score (nSPS) is 17.9. The van der Waals surface area contributed by atoms with Gasteiger partial charge in [-0.2, -0.15) is 0 Å². The first-order chi connectivity index (χ1) is 14.8. The maximum Gasteiger partial charge on any atom is 0.337 e. The number of carbonyl (C=O) groups excluding carboxylic acids is 3. The zero-order chi connectivity index (χ0) is 22.5. The molecule has 8 heteroatoms. The van der Waals surface area contributed by atoms with E-state index in [2.05, 4.69) is 4.98 Å². The summed E-state index contributed by atoms with van der Waals surface area (Å²) in [5, 5.41) is 10.9. The van der Waals surface area contributed by atoms with Crippen molar-refractivity contribution in [2.75, 3.05) is 34.3 Å². The van der Waals surface area contributed by atoms with Crippen molar-refractivity contribution in [1.29, 1.82) is 0 Å². The summed E-state index contributed by atoms with van der Waals surface area (Å²) in [5.74, 6) is -2.10. The molecule has 0 spiro atoms. The number of esters is 1. The summed E-state index contributed by atoms with van der Waals surface area (Å²) < 4.78 is 4.73. The molecule has 0 radical (unpaired) electrons. The van der Waals surface area contributed by atoms with Crippen molar-refractivity contribution in [2.45, 2.75) is 12.5 Å². The fraction of sp³-hybridized carbons (Fsp3) is 0.304. The first-order valence-electron chi connectivity index (χ1n) is 10.0. The number of methoxy groups -OCH3 is 1. The number of quaternary nitrogens is 1. The van der Waals surface area contributed by atoms with Crippen molar-refractivity contribution in [3.63, 3.8) is 0 Å². The maximum absolute atomic E-state index is 12.9. The molecule has 2 aromatic rings. The number of rotatable bonds is 7. The predicted molar refractivity (Wildman–Crippen MR) is 113 cm³/mol. The molecular weight excluding hydrogens is 398 g/mol. The van der Waals surface area contributed by atoms with E-state index >= 15 is 0 Å². The van der Waals surface area contributed by atoms with Gasteiger partial charge in [0, 0.05) is 30.9 Å². The van der Waals surface area contributed by atoms with E-state index < -0.39 is 23.7 Å². The first kappa shape index (κ1) is 22.2. The molecule has 1 aliphatic rings. The van der Waals surface area contributed by atoms with Crippen LogP contribution in [-0.2, 0) is 14.3 Å². The highest BCUT2D eigenvalue weighted by molar-refractivity contribution is 6.46. The van der Waals surface area contributed by atoms with Gasteiger partial charge >= 0.3 is 5.97 Å². The molecule has 0 bridgehead atoms. The van der Waals surface area contributed by atoms with Gasteiger partial charge in [-0.3, -0.25) is 14.6 Å². The molecule has 8 nitrogen and oxygen atoms in total. The monoisotopic (exact) mass is 424 g/mol. The van der Waals surface area contributed by atoms with Crippen molar-refractivity contribution in [2.24, 2.45) is 0 Å². The molecule has 2 N–H and O–H groups in total. The Kier molecular flexibility index (Phi) is 6.81. The molecule has 1 aromatic heterocycles. The number of benzene rings is 1. The molecule has 2 heterocycles. The number of Topliss-reactive ketones (excluding diaryl/α,β-unsaturated/α-hetero) is 1. The quantitative estimate of drug-likeness (QED) is 0.295. The number of amides is 1. The van der Waals surface area contributed by atoms with E-state index in [1.165, 1.54) is 29.3 Å². The SMILES string of the molecule is COC(=O)c1ccc([C@@H]2/C(=C(\O)c3ccncc3)C(=O)C(=O)N2CCC[NH+](C)C)cc1. The summed E-state index contributed by atoms with van der Waals surface area (Å²) in [6.07, 6.45) is 3.71. The minimum Gasteiger partial charge on any atom is -0.507 e. The number of nitrogens with one attached hydrogen (secondary N) is 1. The lowest BCUT2D eigenvalue weighted by atomic mass is 9.95. The van der Waals surface area contributed by atoms with Crippen LogP contribution in [0.4, 0.5) is 0 Å². The number of nitrogens with zero attached hydrogens (tertiary/aromatic N) is 2. The van der Waals surface area contributed by atoms with Crippen LogP contribution >= 0.6 is 0 Å². The number of pyridine rings is 1. The third kappa shape index (κ3) is 4.64. The molecule has 1 amide bonds. The van der Waals surface area contributed by atoms with E-state index in [1.807, 2.05) is 14.1 Å². The molecule has 0 unspecified atom stereocenters. The van der Waals surface area contributed by atoms with E-state index in [-0.39, 0.29) is 11.3 Å². The Labute approximate surface area is 180 Å². The average molecular weight is 424 g/mol. The first-order valence-corrected chi connectivity index (χ1v) is 10.0. The van der Waals surface area contributed by atoms with Crippen LogP contribution in [0, 0.1) is 0 Å². The van der Waals surface area contributed by atoms with Crippen LogP contribution in [0.1, 0.15) is 33.9 Å². The second kappa shape index (κ2) is 9.53. The fourth-order valence-electron chi connectivity index (χ4n) is 3.64. The zero-order valence-corrected chi connectivity index (χ0v) is 17.8. The van der Waals surface area contributed by atoms with Gasteiger partial charge in [0.25, 0.3) is 11.7 Å². The fourth-order valence-corrected chi connectivity index (χ4v) is 3.64. The van der Waals surface area contributed by atoms with E-state index in [1.54, 1.807) is 36.4 Å². The smallest absolute Gasteiger partial charge is 0.337 e. The highest BCUT2D eigenvalue weighted by Crippen LogP contribution is 2.39. The van der Waals surface area contributed by atoms with Gasteiger partial charge < -0.3 is 19.6 Å². The Hall–Kier alpha value is -3.52. The molecule has 0 saturated carbocycles. The third-order valence-electron chi connectivity index (χ3n) is 5.22. The number of hydrogen-bond acceptors (Lipinski definition) is 6. The summed E-state index contributed by atoms with van der Waals surface area (Å²) in [5.41, 5.74) is 1.41. The molecule has 1 fully saturated rings. The number of ketones is 1. The van der Waals surface area contributed by atoms with Gasteiger partial charge in [0.15, 0.2) is 0 Å². The summed E-state index contributed by atoms with van der Waals surface area (Å²) in [6.45, 7) is 1.19. The Bertz CT molecular complexity index is 1000. The lowest BCUT2D eigenvalue weighted by Gasteiger charge is -2.25. The van der Waals surface area contributed by atoms with Crippen LogP contribution < -0.4 is 4.90 Å². The van der Waals surface area contributed by atoms with Crippen molar-refractivity contribution < 1.29 is 29.1 Å². The highest BCUT2D eigenvalue weighted by atomic mass is 16.5. The molecule has 31 heavy (non-hydrogen) atoms. The number of aliphatic hydroxyl groups excluding tert-OH is 1. The van der Waals surface area contributed by atoms with Crippen LogP contribution in [0.5, 0.6) is 0 Å². The molecule has 3 rings (SSSR count). The van der Waals surface area contributed by atoms with Gasteiger partial charge in [0.05, 0.1) is 44.9 Å². The predicted octanol–water partition coefficient (Wildman–Crippen LogP) is 0.825. The number of ether oxygens (including phenoxy) is 1. The summed E-state index contributed by atoms with van der Waals surface area (Å²) >= 11 is 0. The van der Waals surface area contributed by atoms with Gasteiger partial charge in [0.1, 0.15) is 5.76 Å². The van der Waals surface area contributed by atoms with Crippen LogP contribution in [0.15, 0.2) is 54.4 Å². The number of likely N-dealkylation sites (tertiary alicyclic amines) is 1. The van der Waals surface area contributed by atoms with Gasteiger partial charge in [-0.15, -0.1) is 0 Å². The summed E-state index contributed by atoms with van der Waals surface area (Å²) in [6, 6.07) is 8.91. The van der Waals surface area contributed by atoms with E-state index in [0.29, 0.717) is 29.7 Å². The van der Waals surface area contributed by atoms with E-state index in [4.69, 9.17) is 4.74 Å². The Morgan fingerprint density at radius 3 is 2.32 bits per heavy atom. The van der Waals surface area contributed by atoms with E-state index in [0.717, 1.165) is 6.54 Å². The van der Waals surface area contributed by atoms with Crippen LogP contribution in [0.3, 0.4) is 0 Å². The van der Waals surface area contributed by atoms with Crippen molar-refractivity contribution in [3.8, 4) is 0 Å². The number of aromatic nitrogens is 1. The van der Waals surface area contributed by atoms with Gasteiger partial charge in [-0.1, -0.05) is 12.1 Å². The largest absolute Gasteiger partial charge is 0.507 e. The molecule has 162 valence electrons. The second-order valence-electron chi connectivity index (χ2n) is 7.65. The Balaban J connectivity index is 2.07. The van der Waals surface area contributed by atoms with Crippen LogP contribution in [0.25, 0.3) is 5.76 Å². The van der Waals surface area contributed by atoms with Gasteiger partial charge in [-0.05, 0) is 29.8 Å². The molecule has 0 aliphatic carbocycles. The molecule has 1 aliphatic heterocycles. The minimum atomic E-state index is -0.753. The highest BCUT2D eigenvalue weighted by Gasteiger charge is 2.45. The number of hydrogen-bond donors (Lipinski definition) is 2. The van der Waals surface area contributed by atoms with Gasteiger partial charge in [-0.25, -0.2) is 4.79 Å². The summed E-state index contributed by atoms with van der Waals surface area (Å²) in [4.78, 5) is 44.2. The minimum absolute atomic E-state index is 0.0271. The Morgan fingerprint density at radius 2 is 1.74 bits per heavy atom. The lowest BCUT2D eigenvalue weighted by Crippen LogP contribution is -3.05.